The van der Waals surface area contributed by atoms with E-state index in [0.717, 1.165) is 11.4 Å². The molecule has 1 aliphatic rings. The van der Waals surface area contributed by atoms with Crippen LogP contribution in [0, 0.1) is 5.92 Å². The van der Waals surface area contributed by atoms with Crippen LogP contribution in [0.1, 0.15) is 30.7 Å². The lowest BCUT2D eigenvalue weighted by atomic mass is 10.1. The van der Waals surface area contributed by atoms with Crippen molar-refractivity contribution in [1.29, 1.82) is 0 Å². The molecule has 0 aromatic carbocycles. The normalized spacial score (nSPS) is 19.8. The van der Waals surface area contributed by atoms with Crippen LogP contribution in [0.2, 0.25) is 0 Å². The Balaban J connectivity index is 0.00000101. The second-order valence-corrected chi connectivity index (χ2v) is 6.75. The van der Waals surface area contributed by atoms with Crippen LogP contribution in [0.25, 0.3) is 0 Å². The third kappa shape index (κ3) is 7.55. The topological polar surface area (TPSA) is 154 Å². The van der Waals surface area contributed by atoms with Gasteiger partial charge in [0.1, 0.15) is 0 Å². The Kier molecular flexibility index (Phi) is 9.32. The maximum absolute atomic E-state index is 12.3. The van der Waals surface area contributed by atoms with Crippen molar-refractivity contribution in [3.8, 4) is 0 Å². The maximum atomic E-state index is 12.3. The molecule has 30 heavy (non-hydrogen) atoms. The second kappa shape index (κ2) is 12.2. The van der Waals surface area contributed by atoms with Crippen LogP contribution < -0.4 is 10.6 Å². The Morgan fingerprint density at radius 1 is 1.13 bits per heavy atom. The molecule has 3 rings (SSSR count). The van der Waals surface area contributed by atoms with E-state index in [1.807, 2.05) is 18.2 Å². The highest BCUT2D eigenvalue weighted by Gasteiger charge is 2.37. The highest BCUT2D eigenvalue weighted by atomic mass is 16.3. The van der Waals surface area contributed by atoms with Crippen molar-refractivity contribution < 1.29 is 24.6 Å². The number of rotatable bonds is 7. The molecule has 0 saturated heterocycles. The van der Waals surface area contributed by atoms with Gasteiger partial charge in [0.15, 0.2) is 0 Å². The number of aliphatic hydroxyl groups is 1. The SMILES string of the molecule is O=C(CCc1cnccn1)N[C@@H]1C[C@H](C(=O)NCc2ccccn2)C[C@H]1O.O=CO. The number of amides is 2. The zero-order chi connectivity index (χ0) is 21.8. The lowest BCUT2D eigenvalue weighted by Gasteiger charge is -2.16. The Hall–Kier alpha value is -3.40. The molecule has 160 valence electrons. The van der Waals surface area contributed by atoms with Gasteiger partial charge in [0.05, 0.1) is 30.1 Å². The van der Waals surface area contributed by atoms with E-state index in [0.29, 0.717) is 25.8 Å². The van der Waals surface area contributed by atoms with Crippen LogP contribution in [0.5, 0.6) is 0 Å². The van der Waals surface area contributed by atoms with Gasteiger partial charge in [-0.05, 0) is 31.4 Å². The van der Waals surface area contributed by atoms with E-state index in [4.69, 9.17) is 9.90 Å². The van der Waals surface area contributed by atoms with Crippen LogP contribution in [0.3, 0.4) is 0 Å². The summed E-state index contributed by atoms with van der Waals surface area (Å²) in [4.78, 5) is 45.1. The average molecular weight is 415 g/mol. The number of nitrogens with one attached hydrogen (secondary N) is 2. The predicted octanol–water partition coefficient (Wildman–Crippen LogP) is 0.0771. The minimum absolute atomic E-state index is 0.129. The number of carbonyl (C=O) groups is 3. The first kappa shape index (κ1) is 22.9. The number of aryl methyl sites for hydroxylation is 1. The van der Waals surface area contributed by atoms with Gasteiger partial charge in [0.2, 0.25) is 11.8 Å². The first-order valence-electron chi connectivity index (χ1n) is 9.51. The molecule has 1 fully saturated rings. The molecule has 0 spiro atoms. The summed E-state index contributed by atoms with van der Waals surface area (Å²) in [5.41, 5.74) is 1.52. The molecule has 10 heteroatoms. The molecular weight excluding hydrogens is 390 g/mol. The zero-order valence-electron chi connectivity index (χ0n) is 16.3. The van der Waals surface area contributed by atoms with Crippen molar-refractivity contribution in [3.63, 3.8) is 0 Å². The summed E-state index contributed by atoms with van der Waals surface area (Å²) in [5.74, 6) is -0.621. The lowest BCUT2D eigenvalue weighted by molar-refractivity contribution is -0.125. The summed E-state index contributed by atoms with van der Waals surface area (Å²) >= 11 is 0. The van der Waals surface area contributed by atoms with Crippen molar-refractivity contribution in [2.24, 2.45) is 5.92 Å². The van der Waals surface area contributed by atoms with Crippen molar-refractivity contribution in [2.75, 3.05) is 0 Å². The molecule has 2 amide bonds. The number of hydrogen-bond acceptors (Lipinski definition) is 7. The summed E-state index contributed by atoms with van der Waals surface area (Å²) in [6.07, 6.45) is 7.24. The first-order chi connectivity index (χ1) is 14.5. The Morgan fingerprint density at radius 2 is 1.90 bits per heavy atom. The molecule has 1 saturated carbocycles. The maximum Gasteiger partial charge on any atom is 0.290 e. The number of carboxylic acid groups (broad SMARTS) is 1. The number of carbonyl (C=O) groups excluding carboxylic acids is 2. The van der Waals surface area contributed by atoms with Crippen LogP contribution in [-0.4, -0.2) is 55.6 Å². The molecule has 1 aliphatic carbocycles. The third-order valence-corrected chi connectivity index (χ3v) is 4.64. The number of hydrogen-bond donors (Lipinski definition) is 4. The molecule has 3 atom stereocenters. The number of pyridine rings is 1. The van der Waals surface area contributed by atoms with Gasteiger partial charge in [-0.3, -0.25) is 29.3 Å². The lowest BCUT2D eigenvalue weighted by Crippen LogP contribution is -2.40. The predicted molar refractivity (Wildman–Crippen MR) is 106 cm³/mol. The summed E-state index contributed by atoms with van der Waals surface area (Å²) in [6.45, 7) is 0.0986. The third-order valence-electron chi connectivity index (χ3n) is 4.64. The number of aliphatic hydroxyl groups excluding tert-OH is 1. The fraction of sp³-hybridized carbons (Fsp3) is 0.400. The second-order valence-electron chi connectivity index (χ2n) is 6.75. The van der Waals surface area contributed by atoms with E-state index in [-0.39, 0.29) is 30.6 Å². The quantitative estimate of drug-likeness (QED) is 0.464. The van der Waals surface area contributed by atoms with Crippen LogP contribution in [0.4, 0.5) is 0 Å². The molecule has 0 bridgehead atoms. The molecule has 0 aliphatic heterocycles. The van der Waals surface area contributed by atoms with Gasteiger partial charge in [-0.15, -0.1) is 0 Å². The standard InChI is InChI=1S/C19H23N5O3.CH2O2/c25-17-10-13(19(27)23-12-14-3-1-2-6-21-14)9-16(17)24-18(26)5-4-15-11-20-7-8-22-15;2-1-3/h1-3,6-8,11,13,16-17,25H,4-5,9-10,12H2,(H,23,27)(H,24,26);1H,(H,2,3)/t13-,16+,17+;/m0./s1. The Labute approximate surface area is 173 Å². The Bertz CT molecular complexity index is 806. The smallest absolute Gasteiger partial charge is 0.290 e. The minimum Gasteiger partial charge on any atom is -0.483 e. The van der Waals surface area contributed by atoms with Crippen molar-refractivity contribution in [3.05, 3.63) is 54.4 Å². The summed E-state index contributed by atoms with van der Waals surface area (Å²) in [7, 11) is 0. The first-order valence-corrected chi connectivity index (χ1v) is 9.51. The highest BCUT2D eigenvalue weighted by Crippen LogP contribution is 2.26. The summed E-state index contributed by atoms with van der Waals surface area (Å²) in [5, 5.41) is 22.8. The molecule has 4 N–H and O–H groups in total. The Morgan fingerprint density at radius 3 is 2.57 bits per heavy atom. The van der Waals surface area contributed by atoms with E-state index >= 15 is 0 Å². The van der Waals surface area contributed by atoms with Gasteiger partial charge in [0, 0.05) is 37.1 Å². The number of nitrogens with zero attached hydrogens (tertiary/aromatic N) is 3. The fourth-order valence-corrected chi connectivity index (χ4v) is 3.19. The largest absolute Gasteiger partial charge is 0.483 e. The van der Waals surface area contributed by atoms with Crippen molar-refractivity contribution in [1.82, 2.24) is 25.6 Å². The van der Waals surface area contributed by atoms with Gasteiger partial charge >= 0.3 is 0 Å². The van der Waals surface area contributed by atoms with Gasteiger partial charge in [-0.25, -0.2) is 0 Å². The van der Waals surface area contributed by atoms with E-state index in [9.17, 15) is 14.7 Å². The minimum atomic E-state index is -0.726. The zero-order valence-corrected chi connectivity index (χ0v) is 16.3. The van der Waals surface area contributed by atoms with E-state index in [1.165, 1.54) is 0 Å². The van der Waals surface area contributed by atoms with Gasteiger partial charge < -0.3 is 20.8 Å². The van der Waals surface area contributed by atoms with Crippen molar-refractivity contribution in [2.45, 2.75) is 44.4 Å². The van der Waals surface area contributed by atoms with E-state index < -0.39 is 12.1 Å². The van der Waals surface area contributed by atoms with Crippen LogP contribution in [-0.2, 0) is 27.3 Å². The van der Waals surface area contributed by atoms with Gasteiger partial charge in [-0.1, -0.05) is 6.07 Å². The van der Waals surface area contributed by atoms with Gasteiger partial charge in [-0.2, -0.15) is 0 Å². The van der Waals surface area contributed by atoms with E-state index in [2.05, 4.69) is 25.6 Å². The molecule has 2 aromatic rings. The van der Waals surface area contributed by atoms with E-state index in [1.54, 1.807) is 24.8 Å². The molecule has 2 aromatic heterocycles. The fourth-order valence-electron chi connectivity index (χ4n) is 3.19. The molecule has 10 nitrogen and oxygen atoms in total. The molecule has 0 radical (unpaired) electrons. The highest BCUT2D eigenvalue weighted by molar-refractivity contribution is 5.80. The molecule has 0 unspecified atom stereocenters. The van der Waals surface area contributed by atoms with Crippen LogP contribution >= 0.6 is 0 Å². The molecule has 2 heterocycles. The molecular formula is C20H25N5O5. The van der Waals surface area contributed by atoms with Crippen LogP contribution in [0.15, 0.2) is 43.0 Å². The van der Waals surface area contributed by atoms with Gasteiger partial charge in [0.25, 0.3) is 6.47 Å². The van der Waals surface area contributed by atoms with Crippen molar-refractivity contribution >= 4 is 18.3 Å². The summed E-state index contributed by atoms with van der Waals surface area (Å²) < 4.78 is 0. The monoisotopic (exact) mass is 415 g/mol. The number of aromatic nitrogens is 3. The summed E-state index contributed by atoms with van der Waals surface area (Å²) in [6, 6.07) is 5.10. The average Bonchev–Trinajstić information content (AvgIpc) is 3.13.